The maximum absolute atomic E-state index is 12.6. The number of nitrogens with one attached hydrogen (secondary N) is 2. The van der Waals surface area contributed by atoms with Crippen LogP contribution in [0.3, 0.4) is 0 Å². The molecule has 3 aromatic heterocycles. The van der Waals surface area contributed by atoms with Gasteiger partial charge in [-0.15, -0.1) is 0 Å². The van der Waals surface area contributed by atoms with Crippen LogP contribution >= 0.6 is 0 Å². The molecule has 9 heteroatoms. The third-order valence-corrected chi connectivity index (χ3v) is 6.79. The molecule has 1 aromatic carbocycles. The van der Waals surface area contributed by atoms with Crippen molar-refractivity contribution in [2.75, 3.05) is 13.2 Å². The summed E-state index contributed by atoms with van der Waals surface area (Å²) in [6.07, 6.45) is 0.459. The molecule has 3 heterocycles. The van der Waals surface area contributed by atoms with Gasteiger partial charge in [0.15, 0.2) is 11.6 Å². The molecule has 0 unspecified atom stereocenters. The standard InChI is InChI=1S/C30H32N2O7/c1-7-37-29(35)27-15(3)25(17(5)33)21(31-27)13-20-19-11-9-10-12-23(19)39-24(20)14-22-26(18(6)34)16(4)28(32-22)30(36)38-8-2/h9-12,31-32H,7-8,13-14H2,1-6H3. The Kier molecular flexibility index (Phi) is 7.90. The number of rotatable bonds is 10. The molecule has 0 amide bonds. The molecule has 0 spiro atoms. The summed E-state index contributed by atoms with van der Waals surface area (Å²) in [4.78, 5) is 56.6. The second-order valence-electron chi connectivity index (χ2n) is 9.36. The summed E-state index contributed by atoms with van der Waals surface area (Å²) in [6.45, 7) is 10.2. The van der Waals surface area contributed by atoms with Crippen LogP contribution < -0.4 is 0 Å². The number of H-pyrrole nitrogens is 2. The quantitative estimate of drug-likeness (QED) is 0.199. The van der Waals surface area contributed by atoms with Crippen LogP contribution in [0.5, 0.6) is 0 Å². The Hall–Kier alpha value is -4.40. The molecule has 2 N–H and O–H groups in total. The number of Topliss-reactive ketones (excluding diaryl/α,β-unsaturated/α-hetero) is 2. The first kappa shape index (κ1) is 27.6. The molecule has 0 bridgehead atoms. The highest BCUT2D eigenvalue weighted by atomic mass is 16.5. The normalized spacial score (nSPS) is 11.1. The maximum Gasteiger partial charge on any atom is 0.355 e. The Morgan fingerprint density at radius 3 is 1.74 bits per heavy atom. The minimum atomic E-state index is -0.534. The van der Waals surface area contributed by atoms with Gasteiger partial charge in [0.1, 0.15) is 22.7 Å². The van der Waals surface area contributed by atoms with Gasteiger partial charge in [0.05, 0.1) is 13.2 Å². The van der Waals surface area contributed by atoms with E-state index in [4.69, 9.17) is 13.9 Å². The Morgan fingerprint density at radius 1 is 0.769 bits per heavy atom. The minimum absolute atomic E-state index is 0.179. The molecular formula is C30H32N2O7. The molecule has 4 rings (SSSR count). The van der Waals surface area contributed by atoms with Crippen molar-refractivity contribution in [2.24, 2.45) is 0 Å². The van der Waals surface area contributed by atoms with E-state index in [1.54, 1.807) is 27.7 Å². The summed E-state index contributed by atoms with van der Waals surface area (Å²) in [5.74, 6) is -0.866. The van der Waals surface area contributed by atoms with Crippen molar-refractivity contribution >= 4 is 34.5 Å². The SMILES string of the molecule is CCOC(=O)c1[nH]c(Cc2oc3ccccc3c2Cc2[nH]c(C(=O)OCC)c(C)c2C(C)=O)c(C(C)=O)c1C. The number of ether oxygens (including phenoxy) is 2. The predicted octanol–water partition coefficient (Wildman–Crippen LogP) is 5.65. The fourth-order valence-corrected chi connectivity index (χ4v) is 5.17. The van der Waals surface area contributed by atoms with Crippen molar-refractivity contribution in [1.29, 1.82) is 0 Å². The van der Waals surface area contributed by atoms with Gasteiger partial charge in [0.2, 0.25) is 0 Å². The Balaban J connectivity index is 1.85. The summed E-state index contributed by atoms with van der Waals surface area (Å²) < 4.78 is 16.6. The van der Waals surface area contributed by atoms with Gasteiger partial charge in [-0.05, 0) is 58.7 Å². The third-order valence-electron chi connectivity index (χ3n) is 6.79. The van der Waals surface area contributed by atoms with Crippen LogP contribution in [0, 0.1) is 13.8 Å². The van der Waals surface area contributed by atoms with E-state index in [2.05, 4.69) is 9.97 Å². The van der Waals surface area contributed by atoms with E-state index in [1.165, 1.54) is 13.8 Å². The second-order valence-corrected chi connectivity index (χ2v) is 9.36. The molecule has 0 atom stereocenters. The van der Waals surface area contributed by atoms with Gasteiger partial charge in [-0.2, -0.15) is 0 Å². The molecule has 0 aliphatic carbocycles. The average molecular weight is 533 g/mol. The summed E-state index contributed by atoms with van der Waals surface area (Å²) in [6, 6.07) is 7.51. The zero-order chi connectivity index (χ0) is 28.4. The number of carbonyl (C=O) groups excluding carboxylic acids is 4. The van der Waals surface area contributed by atoms with Crippen LogP contribution in [-0.2, 0) is 22.3 Å². The van der Waals surface area contributed by atoms with Crippen LogP contribution in [0.15, 0.2) is 28.7 Å². The monoisotopic (exact) mass is 532 g/mol. The minimum Gasteiger partial charge on any atom is -0.461 e. The van der Waals surface area contributed by atoms with E-state index in [-0.39, 0.29) is 49.0 Å². The largest absolute Gasteiger partial charge is 0.461 e. The Morgan fingerprint density at radius 2 is 1.26 bits per heavy atom. The second kappa shape index (κ2) is 11.1. The van der Waals surface area contributed by atoms with E-state index in [0.29, 0.717) is 45.0 Å². The molecular weight excluding hydrogens is 500 g/mol. The number of benzene rings is 1. The number of esters is 2. The lowest BCUT2D eigenvalue weighted by atomic mass is 9.97. The van der Waals surface area contributed by atoms with E-state index >= 15 is 0 Å². The summed E-state index contributed by atoms with van der Waals surface area (Å²) in [5.41, 5.74) is 4.89. The molecule has 0 fully saturated rings. The van der Waals surface area contributed by atoms with Crippen molar-refractivity contribution in [3.63, 3.8) is 0 Å². The van der Waals surface area contributed by atoms with Crippen molar-refractivity contribution in [3.8, 4) is 0 Å². The first-order chi connectivity index (χ1) is 18.6. The first-order valence-corrected chi connectivity index (χ1v) is 12.9. The zero-order valence-electron chi connectivity index (χ0n) is 23.0. The molecule has 39 heavy (non-hydrogen) atoms. The lowest BCUT2D eigenvalue weighted by Gasteiger charge is -2.06. The van der Waals surface area contributed by atoms with Crippen molar-refractivity contribution in [2.45, 2.75) is 54.4 Å². The van der Waals surface area contributed by atoms with Crippen LogP contribution in [0.2, 0.25) is 0 Å². The zero-order valence-corrected chi connectivity index (χ0v) is 23.0. The van der Waals surface area contributed by atoms with Gasteiger partial charge in [-0.25, -0.2) is 9.59 Å². The highest BCUT2D eigenvalue weighted by Gasteiger charge is 2.27. The molecule has 9 nitrogen and oxygen atoms in total. The highest BCUT2D eigenvalue weighted by Crippen LogP contribution is 2.33. The Labute approximate surface area is 225 Å². The fraction of sp³-hybridized carbons (Fsp3) is 0.333. The fourth-order valence-electron chi connectivity index (χ4n) is 5.17. The van der Waals surface area contributed by atoms with Crippen LogP contribution in [0.1, 0.15) is 103 Å². The van der Waals surface area contributed by atoms with Gasteiger partial charge in [0, 0.05) is 46.3 Å². The molecule has 0 saturated carbocycles. The molecule has 0 aliphatic rings. The average Bonchev–Trinajstić information content (AvgIpc) is 3.51. The first-order valence-electron chi connectivity index (χ1n) is 12.9. The van der Waals surface area contributed by atoms with E-state index in [0.717, 1.165) is 10.9 Å². The molecule has 204 valence electrons. The van der Waals surface area contributed by atoms with Gasteiger partial charge >= 0.3 is 11.9 Å². The number of fused-ring (bicyclic) bond motifs is 1. The number of hydrogen-bond acceptors (Lipinski definition) is 7. The van der Waals surface area contributed by atoms with Gasteiger partial charge in [0.25, 0.3) is 0 Å². The molecule has 4 aromatic rings. The van der Waals surface area contributed by atoms with Crippen molar-refractivity contribution in [1.82, 2.24) is 9.97 Å². The highest BCUT2D eigenvalue weighted by molar-refractivity contribution is 6.02. The number of aromatic nitrogens is 2. The summed E-state index contributed by atoms with van der Waals surface area (Å²) in [7, 11) is 0. The number of carbonyl (C=O) groups is 4. The predicted molar refractivity (Wildman–Crippen MR) is 145 cm³/mol. The maximum atomic E-state index is 12.6. The lowest BCUT2D eigenvalue weighted by molar-refractivity contribution is 0.0509. The van der Waals surface area contributed by atoms with Gasteiger partial charge in [-0.3, -0.25) is 9.59 Å². The summed E-state index contributed by atoms with van der Waals surface area (Å²) >= 11 is 0. The van der Waals surface area contributed by atoms with Crippen LogP contribution in [-0.4, -0.2) is 46.7 Å². The van der Waals surface area contributed by atoms with E-state index < -0.39 is 11.9 Å². The molecule has 0 aliphatic heterocycles. The third kappa shape index (κ3) is 5.16. The van der Waals surface area contributed by atoms with Crippen molar-refractivity contribution < 1.29 is 33.1 Å². The van der Waals surface area contributed by atoms with E-state index in [1.807, 2.05) is 24.3 Å². The summed E-state index contributed by atoms with van der Waals surface area (Å²) in [5, 5.41) is 0.838. The molecule has 0 saturated heterocycles. The number of furan rings is 1. The van der Waals surface area contributed by atoms with Crippen LogP contribution in [0.4, 0.5) is 0 Å². The number of para-hydroxylation sites is 1. The number of ketones is 2. The topological polar surface area (TPSA) is 131 Å². The van der Waals surface area contributed by atoms with Gasteiger partial charge < -0.3 is 23.9 Å². The smallest absolute Gasteiger partial charge is 0.355 e. The number of hydrogen-bond donors (Lipinski definition) is 2. The van der Waals surface area contributed by atoms with Gasteiger partial charge in [-0.1, -0.05) is 18.2 Å². The number of aromatic amines is 2. The lowest BCUT2D eigenvalue weighted by Crippen LogP contribution is -2.07. The Bertz CT molecular complexity index is 1600. The van der Waals surface area contributed by atoms with E-state index in [9.17, 15) is 19.2 Å². The van der Waals surface area contributed by atoms with Crippen molar-refractivity contribution in [3.05, 3.63) is 80.6 Å². The molecule has 0 radical (unpaired) electrons. The van der Waals surface area contributed by atoms with Crippen LogP contribution in [0.25, 0.3) is 11.0 Å².